The molecule has 0 radical (unpaired) electrons. The Morgan fingerprint density at radius 2 is 2.26 bits per heavy atom. The van der Waals surface area contributed by atoms with Gasteiger partial charge >= 0.3 is 0 Å². The summed E-state index contributed by atoms with van der Waals surface area (Å²) < 4.78 is 2.97. The van der Waals surface area contributed by atoms with E-state index in [1.165, 1.54) is 4.68 Å². The number of rotatable bonds is 6. The maximum absolute atomic E-state index is 12.2. The van der Waals surface area contributed by atoms with Gasteiger partial charge in [-0.25, -0.2) is 9.36 Å². The maximum Gasteiger partial charge on any atom is 0.280 e. The molecule has 0 aliphatic heterocycles. The van der Waals surface area contributed by atoms with E-state index < -0.39 is 0 Å². The molecule has 2 heterocycles. The van der Waals surface area contributed by atoms with Crippen molar-refractivity contribution in [1.82, 2.24) is 30.1 Å². The van der Waals surface area contributed by atoms with Crippen LogP contribution in [-0.2, 0) is 13.6 Å². The van der Waals surface area contributed by atoms with E-state index in [1.807, 2.05) is 0 Å². The summed E-state index contributed by atoms with van der Waals surface area (Å²) in [6.07, 6.45) is 3.49. The van der Waals surface area contributed by atoms with Crippen LogP contribution in [0, 0.1) is 0 Å². The van der Waals surface area contributed by atoms with Gasteiger partial charge in [0.15, 0.2) is 5.65 Å². The zero-order valence-corrected chi connectivity index (χ0v) is 11.6. The van der Waals surface area contributed by atoms with E-state index in [4.69, 9.17) is 0 Å². The Hall–Kier alpha value is -1.76. The van der Waals surface area contributed by atoms with Gasteiger partial charge in [0.1, 0.15) is 5.39 Å². The Balaban J connectivity index is 2.09. The molecule has 0 amide bonds. The van der Waals surface area contributed by atoms with Gasteiger partial charge in [0.05, 0.1) is 6.20 Å². The van der Waals surface area contributed by atoms with E-state index in [0.29, 0.717) is 23.6 Å². The number of aryl methyl sites for hydroxylation is 2. The van der Waals surface area contributed by atoms with Crippen LogP contribution in [0.3, 0.4) is 0 Å². The number of hydrogen-bond donors (Lipinski definition) is 1. The highest BCUT2D eigenvalue weighted by Crippen LogP contribution is 2.02. The highest BCUT2D eigenvalue weighted by molar-refractivity contribution is 5.72. The first kappa shape index (κ1) is 13.7. The second kappa shape index (κ2) is 5.92. The highest BCUT2D eigenvalue weighted by Gasteiger charge is 2.10. The van der Waals surface area contributed by atoms with Crippen LogP contribution >= 0.6 is 0 Å². The van der Waals surface area contributed by atoms with E-state index in [1.54, 1.807) is 17.9 Å². The number of fused-ring (bicyclic) bond motifs is 1. The fourth-order valence-corrected chi connectivity index (χ4v) is 1.93. The zero-order chi connectivity index (χ0) is 13.8. The molecule has 104 valence electrons. The van der Waals surface area contributed by atoms with Crippen molar-refractivity contribution in [2.75, 3.05) is 6.54 Å². The monoisotopic (exact) mass is 264 g/mol. The van der Waals surface area contributed by atoms with Crippen molar-refractivity contribution in [1.29, 1.82) is 0 Å². The van der Waals surface area contributed by atoms with E-state index in [2.05, 4.69) is 34.6 Å². The highest BCUT2D eigenvalue weighted by atomic mass is 16.1. The molecule has 0 aliphatic carbocycles. The van der Waals surface area contributed by atoms with Crippen LogP contribution in [0.5, 0.6) is 0 Å². The Morgan fingerprint density at radius 3 is 3.00 bits per heavy atom. The fourth-order valence-electron chi connectivity index (χ4n) is 1.93. The third-order valence-electron chi connectivity index (χ3n) is 3.14. The number of aromatic nitrogens is 5. The summed E-state index contributed by atoms with van der Waals surface area (Å²) in [5.74, 6) is 0. The third kappa shape index (κ3) is 2.98. The van der Waals surface area contributed by atoms with Crippen LogP contribution in [0.2, 0.25) is 0 Å². The van der Waals surface area contributed by atoms with Crippen LogP contribution < -0.4 is 10.9 Å². The fraction of sp³-hybridized carbons (Fsp3) is 0.667. The molecule has 1 N–H and O–H groups in total. The normalized spacial score (nSPS) is 13.0. The Kier molecular flexibility index (Phi) is 4.26. The summed E-state index contributed by atoms with van der Waals surface area (Å²) >= 11 is 0. The van der Waals surface area contributed by atoms with Gasteiger partial charge in [-0.15, -0.1) is 5.10 Å². The third-order valence-corrected chi connectivity index (χ3v) is 3.14. The molecule has 1 atom stereocenters. The predicted octanol–water partition coefficient (Wildman–Crippen LogP) is 0.303. The first-order chi connectivity index (χ1) is 9.13. The molecule has 2 aromatic heterocycles. The smallest absolute Gasteiger partial charge is 0.280 e. The standard InChI is InChI=1S/C12H20N6O/c1-4-6-13-9(2)5-7-18-12(19)10-8-14-17(3)11(10)15-16-18/h8-9,13H,4-7H2,1-3H3. The van der Waals surface area contributed by atoms with Gasteiger partial charge in [-0.2, -0.15) is 5.10 Å². The lowest BCUT2D eigenvalue weighted by Crippen LogP contribution is -2.31. The quantitative estimate of drug-likeness (QED) is 0.812. The van der Waals surface area contributed by atoms with Crippen molar-refractivity contribution < 1.29 is 0 Å². The molecular formula is C12H20N6O. The van der Waals surface area contributed by atoms with Crippen LogP contribution in [0.1, 0.15) is 26.7 Å². The molecule has 1 unspecified atom stereocenters. The molecule has 2 rings (SSSR count). The Labute approximate surface area is 111 Å². The molecule has 0 bridgehead atoms. The molecule has 7 heteroatoms. The summed E-state index contributed by atoms with van der Waals surface area (Å²) in [6, 6.07) is 0.359. The SMILES string of the molecule is CCCNC(C)CCn1nnc2c(cnn2C)c1=O. The first-order valence-electron chi connectivity index (χ1n) is 6.62. The molecule has 0 saturated carbocycles. The van der Waals surface area contributed by atoms with Crippen LogP contribution in [-0.4, -0.2) is 37.4 Å². The largest absolute Gasteiger partial charge is 0.314 e. The maximum atomic E-state index is 12.2. The number of hydrogen-bond acceptors (Lipinski definition) is 5. The van der Waals surface area contributed by atoms with Gasteiger partial charge in [-0.1, -0.05) is 12.1 Å². The molecule has 0 spiro atoms. The van der Waals surface area contributed by atoms with Crippen molar-refractivity contribution in [2.24, 2.45) is 7.05 Å². The molecule has 0 aliphatic rings. The molecule has 0 aromatic carbocycles. The predicted molar refractivity (Wildman–Crippen MR) is 72.9 cm³/mol. The van der Waals surface area contributed by atoms with Crippen molar-refractivity contribution in [3.8, 4) is 0 Å². The van der Waals surface area contributed by atoms with Gasteiger partial charge in [0.2, 0.25) is 0 Å². The average molecular weight is 264 g/mol. The van der Waals surface area contributed by atoms with Gasteiger partial charge in [0.25, 0.3) is 5.56 Å². The lowest BCUT2D eigenvalue weighted by Gasteiger charge is -2.12. The average Bonchev–Trinajstić information content (AvgIpc) is 2.78. The van der Waals surface area contributed by atoms with Crippen molar-refractivity contribution in [3.05, 3.63) is 16.6 Å². The lowest BCUT2D eigenvalue weighted by atomic mass is 10.2. The molecular weight excluding hydrogens is 244 g/mol. The number of nitrogens with zero attached hydrogens (tertiary/aromatic N) is 5. The van der Waals surface area contributed by atoms with Gasteiger partial charge in [-0.3, -0.25) is 4.79 Å². The molecule has 7 nitrogen and oxygen atoms in total. The van der Waals surface area contributed by atoms with E-state index in [-0.39, 0.29) is 5.56 Å². The second-order valence-electron chi connectivity index (χ2n) is 4.77. The Bertz CT molecular complexity index is 602. The van der Waals surface area contributed by atoms with Gasteiger partial charge in [0, 0.05) is 19.6 Å². The van der Waals surface area contributed by atoms with Crippen molar-refractivity contribution >= 4 is 11.0 Å². The second-order valence-corrected chi connectivity index (χ2v) is 4.77. The Morgan fingerprint density at radius 1 is 1.47 bits per heavy atom. The van der Waals surface area contributed by atoms with Crippen LogP contribution in [0.4, 0.5) is 0 Å². The van der Waals surface area contributed by atoms with E-state index in [0.717, 1.165) is 19.4 Å². The summed E-state index contributed by atoms with van der Waals surface area (Å²) in [4.78, 5) is 12.2. The minimum atomic E-state index is -0.124. The van der Waals surface area contributed by atoms with E-state index >= 15 is 0 Å². The summed E-state index contributed by atoms with van der Waals surface area (Å²) in [5.41, 5.74) is 0.402. The summed E-state index contributed by atoms with van der Waals surface area (Å²) in [5, 5.41) is 15.9. The van der Waals surface area contributed by atoms with Gasteiger partial charge in [-0.05, 0) is 26.3 Å². The topological polar surface area (TPSA) is 77.6 Å². The van der Waals surface area contributed by atoms with Crippen molar-refractivity contribution in [2.45, 2.75) is 39.3 Å². The summed E-state index contributed by atoms with van der Waals surface area (Å²) in [7, 11) is 1.75. The lowest BCUT2D eigenvalue weighted by molar-refractivity contribution is 0.440. The van der Waals surface area contributed by atoms with Crippen LogP contribution in [0.15, 0.2) is 11.0 Å². The van der Waals surface area contributed by atoms with E-state index in [9.17, 15) is 4.79 Å². The van der Waals surface area contributed by atoms with Crippen LogP contribution in [0.25, 0.3) is 11.0 Å². The summed E-state index contributed by atoms with van der Waals surface area (Å²) in [6.45, 7) is 5.79. The first-order valence-corrected chi connectivity index (χ1v) is 6.62. The van der Waals surface area contributed by atoms with Crippen molar-refractivity contribution in [3.63, 3.8) is 0 Å². The number of nitrogens with one attached hydrogen (secondary N) is 1. The molecule has 19 heavy (non-hydrogen) atoms. The van der Waals surface area contributed by atoms with Gasteiger partial charge < -0.3 is 5.32 Å². The minimum Gasteiger partial charge on any atom is -0.314 e. The molecule has 2 aromatic rings. The minimum absolute atomic E-state index is 0.124. The molecule has 0 fully saturated rings. The zero-order valence-electron chi connectivity index (χ0n) is 11.6. The molecule has 0 saturated heterocycles.